The number of hydrogen-bond donors (Lipinski definition) is 1. The van der Waals surface area contributed by atoms with Gasteiger partial charge in [-0.15, -0.1) is 0 Å². The second-order valence-electron chi connectivity index (χ2n) is 0.756. The smallest absolute Gasteiger partial charge is 0.293 e. The van der Waals surface area contributed by atoms with Gasteiger partial charge >= 0.3 is 0 Å². The van der Waals surface area contributed by atoms with E-state index in [1.807, 2.05) is 0 Å². The molecule has 0 aromatic carbocycles. The highest BCUT2D eigenvalue weighted by Crippen LogP contribution is 1.56. The Hall–Kier alpha value is -0.570. The lowest BCUT2D eigenvalue weighted by molar-refractivity contribution is -0.128. The lowest BCUT2D eigenvalue weighted by atomic mass is 10.7. The minimum atomic E-state index is 0.323. The molecule has 0 heterocycles. The SMILES string of the molecule is NCCOC=O. The topological polar surface area (TPSA) is 52.3 Å². The van der Waals surface area contributed by atoms with E-state index in [-0.39, 0.29) is 0 Å². The van der Waals surface area contributed by atoms with Crippen molar-refractivity contribution in [2.24, 2.45) is 5.73 Å². The molecule has 3 heteroatoms. The van der Waals surface area contributed by atoms with Gasteiger partial charge in [0, 0.05) is 6.54 Å². The summed E-state index contributed by atoms with van der Waals surface area (Å²) < 4.78 is 4.18. The predicted octanol–water partition coefficient (Wildman–Crippen LogP) is -0.882. The van der Waals surface area contributed by atoms with Crippen LogP contribution >= 0.6 is 0 Å². The molecule has 0 atom stereocenters. The summed E-state index contributed by atoms with van der Waals surface area (Å²) in [7, 11) is 0. The Kier molecular flexibility index (Phi) is 4.01. The summed E-state index contributed by atoms with van der Waals surface area (Å²) in [6, 6.07) is 0. The Bertz CT molecular complexity index is 37.8. The zero-order valence-corrected chi connectivity index (χ0v) is 3.39. The average molecular weight is 89.1 g/mol. The van der Waals surface area contributed by atoms with Crippen molar-refractivity contribution in [3.05, 3.63) is 0 Å². The lowest BCUT2D eigenvalue weighted by Crippen LogP contribution is -2.06. The van der Waals surface area contributed by atoms with E-state index in [2.05, 4.69) is 4.74 Å². The number of rotatable bonds is 3. The molecule has 0 fully saturated rings. The van der Waals surface area contributed by atoms with Gasteiger partial charge in [0.25, 0.3) is 6.47 Å². The van der Waals surface area contributed by atoms with Crippen molar-refractivity contribution in [1.29, 1.82) is 0 Å². The van der Waals surface area contributed by atoms with E-state index in [4.69, 9.17) is 5.73 Å². The van der Waals surface area contributed by atoms with Crippen molar-refractivity contribution in [3.63, 3.8) is 0 Å². The molecule has 0 saturated heterocycles. The molecule has 2 N–H and O–H groups in total. The van der Waals surface area contributed by atoms with Crippen molar-refractivity contribution in [3.8, 4) is 0 Å². The van der Waals surface area contributed by atoms with Crippen LogP contribution in [0.15, 0.2) is 0 Å². The van der Waals surface area contributed by atoms with Gasteiger partial charge in [-0.1, -0.05) is 0 Å². The molecule has 0 radical (unpaired) electrons. The average Bonchev–Trinajstić information content (AvgIpc) is 1.61. The fourth-order valence-corrected chi connectivity index (χ4v) is 0.116. The van der Waals surface area contributed by atoms with Gasteiger partial charge in [0.05, 0.1) is 0 Å². The molecule has 0 aromatic rings. The molecule has 0 aliphatic carbocycles. The second kappa shape index (κ2) is 4.43. The monoisotopic (exact) mass is 89.0 g/mol. The van der Waals surface area contributed by atoms with Gasteiger partial charge in [-0.3, -0.25) is 4.79 Å². The molecule has 0 bridgehead atoms. The molecule has 0 unspecified atom stereocenters. The van der Waals surface area contributed by atoms with E-state index in [1.54, 1.807) is 0 Å². The number of carbonyl (C=O) groups excluding carboxylic acids is 1. The number of hydrogen-bond acceptors (Lipinski definition) is 3. The highest BCUT2D eigenvalue weighted by molar-refractivity contribution is 5.36. The first-order chi connectivity index (χ1) is 2.91. The Morgan fingerprint density at radius 1 is 1.83 bits per heavy atom. The van der Waals surface area contributed by atoms with E-state index in [0.717, 1.165) is 0 Å². The summed E-state index contributed by atoms with van der Waals surface area (Å²) in [4.78, 5) is 9.29. The van der Waals surface area contributed by atoms with Gasteiger partial charge < -0.3 is 10.5 Å². The molecule has 0 aromatic heterocycles. The van der Waals surface area contributed by atoms with Gasteiger partial charge in [-0.2, -0.15) is 0 Å². The van der Waals surface area contributed by atoms with E-state index in [9.17, 15) is 4.79 Å². The maximum Gasteiger partial charge on any atom is 0.293 e. The van der Waals surface area contributed by atoms with E-state index in [0.29, 0.717) is 19.6 Å². The van der Waals surface area contributed by atoms with E-state index < -0.39 is 0 Å². The summed E-state index contributed by atoms with van der Waals surface area (Å²) in [5, 5.41) is 0. The Morgan fingerprint density at radius 2 is 2.50 bits per heavy atom. The second-order valence-corrected chi connectivity index (χ2v) is 0.756. The molecule has 0 rings (SSSR count). The van der Waals surface area contributed by atoms with Crippen LogP contribution in [0.25, 0.3) is 0 Å². The molecule has 0 aliphatic heterocycles. The van der Waals surface area contributed by atoms with Crippen molar-refractivity contribution < 1.29 is 9.53 Å². The van der Waals surface area contributed by atoms with Crippen LogP contribution in [0, 0.1) is 0 Å². The van der Waals surface area contributed by atoms with Gasteiger partial charge in [-0.05, 0) is 0 Å². The third kappa shape index (κ3) is 3.43. The van der Waals surface area contributed by atoms with Gasteiger partial charge in [0.15, 0.2) is 0 Å². The Balaban J connectivity index is 2.49. The molecule has 0 saturated carbocycles. The van der Waals surface area contributed by atoms with Crippen LogP contribution in [0.3, 0.4) is 0 Å². The molecule has 6 heavy (non-hydrogen) atoms. The summed E-state index contributed by atoms with van der Waals surface area (Å²) >= 11 is 0. The molecule has 3 nitrogen and oxygen atoms in total. The maximum atomic E-state index is 9.29. The van der Waals surface area contributed by atoms with Crippen molar-refractivity contribution in [2.75, 3.05) is 13.2 Å². The lowest BCUT2D eigenvalue weighted by Gasteiger charge is -1.87. The van der Waals surface area contributed by atoms with Crippen LogP contribution in [0.5, 0.6) is 0 Å². The largest absolute Gasteiger partial charge is 0.467 e. The maximum absolute atomic E-state index is 9.29. The van der Waals surface area contributed by atoms with Gasteiger partial charge in [0.1, 0.15) is 6.61 Å². The molecule has 36 valence electrons. The highest BCUT2D eigenvalue weighted by atomic mass is 16.5. The number of ether oxygens (including phenoxy) is 1. The van der Waals surface area contributed by atoms with Crippen molar-refractivity contribution in [2.45, 2.75) is 0 Å². The number of nitrogens with two attached hydrogens (primary N) is 1. The molecular formula is C3H7NO2. The molecule has 0 spiro atoms. The standard InChI is InChI=1S/C3H7NO2/c4-1-2-6-3-5/h3H,1-2,4H2. The highest BCUT2D eigenvalue weighted by Gasteiger charge is 1.71. The quantitative estimate of drug-likeness (QED) is 0.361. The summed E-state index contributed by atoms with van der Waals surface area (Å²) in [6.07, 6.45) is 0. The Labute approximate surface area is 36.1 Å². The predicted molar refractivity (Wildman–Crippen MR) is 21.1 cm³/mol. The molecule has 0 amide bonds. The number of carbonyl (C=O) groups is 1. The molecule has 0 aliphatic rings. The van der Waals surface area contributed by atoms with Crippen LogP contribution in [0.4, 0.5) is 0 Å². The zero-order chi connectivity index (χ0) is 4.83. The van der Waals surface area contributed by atoms with Crippen LogP contribution < -0.4 is 5.73 Å². The minimum absolute atomic E-state index is 0.323. The van der Waals surface area contributed by atoms with Gasteiger partial charge in [0.2, 0.25) is 0 Å². The van der Waals surface area contributed by atoms with E-state index in [1.165, 1.54) is 0 Å². The van der Waals surface area contributed by atoms with Crippen molar-refractivity contribution in [1.82, 2.24) is 0 Å². The van der Waals surface area contributed by atoms with Gasteiger partial charge in [-0.25, -0.2) is 0 Å². The zero-order valence-electron chi connectivity index (χ0n) is 3.39. The first kappa shape index (κ1) is 5.43. The first-order valence-corrected chi connectivity index (χ1v) is 1.67. The fourth-order valence-electron chi connectivity index (χ4n) is 0.116. The van der Waals surface area contributed by atoms with Crippen molar-refractivity contribution >= 4 is 6.47 Å². The van der Waals surface area contributed by atoms with Crippen LogP contribution in [0.1, 0.15) is 0 Å². The summed E-state index contributed by atoms with van der Waals surface area (Å²) in [5.74, 6) is 0. The fraction of sp³-hybridized carbons (Fsp3) is 0.667. The molecular weight excluding hydrogens is 82.0 g/mol. The van der Waals surface area contributed by atoms with Crippen LogP contribution in [0.2, 0.25) is 0 Å². The van der Waals surface area contributed by atoms with Crippen LogP contribution in [-0.2, 0) is 9.53 Å². The summed E-state index contributed by atoms with van der Waals surface area (Å²) in [5.41, 5.74) is 4.93. The third-order valence-corrected chi connectivity index (χ3v) is 0.304. The summed E-state index contributed by atoms with van der Waals surface area (Å²) in [6.45, 7) is 1.11. The third-order valence-electron chi connectivity index (χ3n) is 0.304. The Morgan fingerprint density at radius 3 is 2.67 bits per heavy atom. The normalized spacial score (nSPS) is 7.50. The first-order valence-electron chi connectivity index (χ1n) is 1.67. The van der Waals surface area contributed by atoms with E-state index >= 15 is 0 Å². The van der Waals surface area contributed by atoms with Crippen LogP contribution in [-0.4, -0.2) is 19.6 Å². The minimum Gasteiger partial charge on any atom is -0.467 e.